The number of hydrogen-bond acceptors (Lipinski definition) is 4. The molecule has 1 aromatic heterocycles. The van der Waals surface area contributed by atoms with Crippen LogP contribution in [0.3, 0.4) is 0 Å². The Hall–Kier alpha value is -2.76. The molecule has 6 heteroatoms. The number of nitrogens with one attached hydrogen (secondary N) is 2. The van der Waals surface area contributed by atoms with Crippen molar-refractivity contribution in [2.75, 3.05) is 13.7 Å². The summed E-state index contributed by atoms with van der Waals surface area (Å²) in [6, 6.07) is 7.49. The Kier molecular flexibility index (Phi) is 5.63. The van der Waals surface area contributed by atoms with E-state index >= 15 is 0 Å². The molecule has 0 unspecified atom stereocenters. The molecule has 0 aliphatic carbocycles. The first-order valence-electron chi connectivity index (χ1n) is 7.75. The zero-order chi connectivity index (χ0) is 17.7. The lowest BCUT2D eigenvalue weighted by atomic mass is 10.1. The molecule has 0 aliphatic heterocycles. The molecule has 1 aromatic carbocycles. The molecule has 2 N–H and O–H groups in total. The van der Waals surface area contributed by atoms with Gasteiger partial charge in [-0.2, -0.15) is 0 Å². The summed E-state index contributed by atoms with van der Waals surface area (Å²) in [4.78, 5) is 27.4. The van der Waals surface area contributed by atoms with E-state index in [1.54, 1.807) is 27.9 Å². The second kappa shape index (κ2) is 7.68. The number of methoxy groups -OCH3 is 1. The summed E-state index contributed by atoms with van der Waals surface area (Å²) in [6.07, 6.45) is 0. The molecule has 2 rings (SSSR count). The molecule has 0 bridgehead atoms. The summed E-state index contributed by atoms with van der Waals surface area (Å²) in [5, 5.41) is 2.86. The number of para-hydroxylation sites is 1. The van der Waals surface area contributed by atoms with Crippen molar-refractivity contribution < 1.29 is 19.1 Å². The Morgan fingerprint density at radius 2 is 1.92 bits per heavy atom. The van der Waals surface area contributed by atoms with Gasteiger partial charge >= 0.3 is 5.97 Å². The van der Waals surface area contributed by atoms with E-state index in [9.17, 15) is 9.59 Å². The number of hydrogen-bond donors (Lipinski definition) is 2. The Morgan fingerprint density at radius 3 is 2.58 bits per heavy atom. The summed E-state index contributed by atoms with van der Waals surface area (Å²) in [6.45, 7) is 5.85. The fourth-order valence-corrected chi connectivity index (χ4v) is 2.61. The number of carbonyl (C=O) groups excluding carboxylic acids is 2. The topological polar surface area (TPSA) is 80.4 Å². The molecule has 0 saturated heterocycles. The van der Waals surface area contributed by atoms with E-state index in [1.807, 2.05) is 24.3 Å². The Morgan fingerprint density at radius 1 is 1.21 bits per heavy atom. The molecule has 1 amide bonds. The van der Waals surface area contributed by atoms with Crippen molar-refractivity contribution in [2.45, 2.75) is 27.3 Å². The number of aromatic amines is 1. The number of esters is 1. The summed E-state index contributed by atoms with van der Waals surface area (Å²) < 4.78 is 10.3. The van der Waals surface area contributed by atoms with E-state index in [1.165, 1.54) is 0 Å². The maximum absolute atomic E-state index is 12.5. The van der Waals surface area contributed by atoms with Crippen molar-refractivity contribution >= 4 is 11.9 Å². The monoisotopic (exact) mass is 330 g/mol. The van der Waals surface area contributed by atoms with Gasteiger partial charge in [0.25, 0.3) is 5.91 Å². The van der Waals surface area contributed by atoms with E-state index in [4.69, 9.17) is 9.47 Å². The molecule has 0 atom stereocenters. The number of aromatic nitrogens is 1. The first-order valence-corrected chi connectivity index (χ1v) is 7.75. The highest BCUT2D eigenvalue weighted by molar-refractivity contribution is 6.01. The van der Waals surface area contributed by atoms with Crippen molar-refractivity contribution in [2.24, 2.45) is 0 Å². The highest BCUT2D eigenvalue weighted by Gasteiger charge is 2.22. The molecular formula is C18H22N2O4. The number of ether oxygens (including phenoxy) is 2. The van der Waals surface area contributed by atoms with Crippen molar-refractivity contribution in [1.82, 2.24) is 10.3 Å². The standard InChI is InChI=1S/C18H22N2O4/c1-5-24-18(22)16-11(2)15(12(3)20-16)17(21)19-10-13-8-6-7-9-14(13)23-4/h6-9,20H,5,10H2,1-4H3,(H,19,21). The first kappa shape index (κ1) is 17.6. The van der Waals surface area contributed by atoms with Crippen LogP contribution in [0.1, 0.15) is 44.6 Å². The van der Waals surface area contributed by atoms with E-state index in [2.05, 4.69) is 10.3 Å². The zero-order valence-electron chi connectivity index (χ0n) is 14.4. The van der Waals surface area contributed by atoms with Crippen LogP contribution < -0.4 is 10.1 Å². The van der Waals surface area contributed by atoms with Gasteiger partial charge in [0, 0.05) is 17.8 Å². The Labute approximate surface area is 141 Å². The second-order valence-corrected chi connectivity index (χ2v) is 5.34. The molecule has 0 radical (unpaired) electrons. The van der Waals surface area contributed by atoms with E-state index in [-0.39, 0.29) is 12.5 Å². The summed E-state index contributed by atoms with van der Waals surface area (Å²) >= 11 is 0. The van der Waals surface area contributed by atoms with Crippen LogP contribution in [0.2, 0.25) is 0 Å². The predicted octanol–water partition coefficient (Wildman–Crippen LogP) is 2.75. The summed E-state index contributed by atoms with van der Waals surface area (Å²) in [5.74, 6) is 0.0112. The lowest BCUT2D eigenvalue weighted by molar-refractivity contribution is 0.0519. The number of carbonyl (C=O) groups is 2. The third-order valence-electron chi connectivity index (χ3n) is 3.78. The molecule has 0 fully saturated rings. The number of aryl methyl sites for hydroxylation is 1. The van der Waals surface area contributed by atoms with E-state index in [0.717, 1.165) is 5.56 Å². The van der Waals surface area contributed by atoms with E-state index < -0.39 is 5.97 Å². The fraction of sp³-hybridized carbons (Fsp3) is 0.333. The number of H-pyrrole nitrogens is 1. The molecule has 128 valence electrons. The highest BCUT2D eigenvalue weighted by Crippen LogP contribution is 2.20. The van der Waals surface area contributed by atoms with Gasteiger partial charge in [-0.05, 0) is 32.4 Å². The van der Waals surface area contributed by atoms with Gasteiger partial charge in [0.1, 0.15) is 11.4 Å². The van der Waals surface area contributed by atoms with Crippen LogP contribution in [0.15, 0.2) is 24.3 Å². The van der Waals surface area contributed by atoms with Gasteiger partial charge in [-0.25, -0.2) is 4.79 Å². The van der Waals surface area contributed by atoms with Crippen molar-refractivity contribution in [3.8, 4) is 5.75 Å². The first-order chi connectivity index (χ1) is 11.5. The minimum absolute atomic E-state index is 0.247. The van der Waals surface area contributed by atoms with Gasteiger partial charge in [-0.1, -0.05) is 18.2 Å². The smallest absolute Gasteiger partial charge is 0.355 e. The maximum Gasteiger partial charge on any atom is 0.355 e. The largest absolute Gasteiger partial charge is 0.496 e. The van der Waals surface area contributed by atoms with Crippen LogP contribution in [-0.2, 0) is 11.3 Å². The summed E-state index contributed by atoms with van der Waals surface area (Å²) in [7, 11) is 1.59. The lowest BCUT2D eigenvalue weighted by Gasteiger charge is -2.10. The Balaban J connectivity index is 2.17. The molecule has 24 heavy (non-hydrogen) atoms. The van der Waals surface area contributed by atoms with Gasteiger partial charge in [0.15, 0.2) is 0 Å². The minimum Gasteiger partial charge on any atom is -0.496 e. The van der Waals surface area contributed by atoms with Gasteiger partial charge < -0.3 is 19.8 Å². The quantitative estimate of drug-likeness (QED) is 0.798. The maximum atomic E-state index is 12.5. The number of benzene rings is 1. The molecule has 2 aromatic rings. The van der Waals surface area contributed by atoms with Gasteiger partial charge in [-0.3, -0.25) is 4.79 Å². The second-order valence-electron chi connectivity index (χ2n) is 5.34. The van der Waals surface area contributed by atoms with Crippen molar-refractivity contribution in [3.05, 3.63) is 52.3 Å². The SMILES string of the molecule is CCOC(=O)c1[nH]c(C)c(C(=O)NCc2ccccc2OC)c1C. The Bertz CT molecular complexity index is 749. The van der Waals surface area contributed by atoms with E-state index in [0.29, 0.717) is 34.8 Å². The molecule has 0 saturated carbocycles. The van der Waals surface area contributed by atoms with Crippen LogP contribution >= 0.6 is 0 Å². The van der Waals surface area contributed by atoms with Crippen LogP contribution in [0, 0.1) is 13.8 Å². The van der Waals surface area contributed by atoms with Crippen molar-refractivity contribution in [1.29, 1.82) is 0 Å². The fourth-order valence-electron chi connectivity index (χ4n) is 2.61. The average molecular weight is 330 g/mol. The lowest BCUT2D eigenvalue weighted by Crippen LogP contribution is -2.24. The van der Waals surface area contributed by atoms with Crippen LogP contribution in [-0.4, -0.2) is 30.6 Å². The van der Waals surface area contributed by atoms with Gasteiger partial charge in [0.2, 0.25) is 0 Å². The predicted molar refractivity (Wildman–Crippen MR) is 90.4 cm³/mol. The van der Waals surface area contributed by atoms with Gasteiger partial charge in [0.05, 0.1) is 19.3 Å². The summed E-state index contributed by atoms with van der Waals surface area (Å²) in [5.41, 5.74) is 2.88. The minimum atomic E-state index is -0.457. The molecule has 1 heterocycles. The third-order valence-corrected chi connectivity index (χ3v) is 3.78. The third kappa shape index (κ3) is 3.59. The molecule has 0 spiro atoms. The van der Waals surface area contributed by atoms with Gasteiger partial charge in [-0.15, -0.1) is 0 Å². The zero-order valence-corrected chi connectivity index (χ0v) is 14.4. The normalized spacial score (nSPS) is 10.3. The average Bonchev–Trinajstić information content (AvgIpc) is 2.88. The van der Waals surface area contributed by atoms with Crippen LogP contribution in [0.5, 0.6) is 5.75 Å². The number of amides is 1. The molecular weight excluding hydrogens is 308 g/mol. The van der Waals surface area contributed by atoms with Crippen LogP contribution in [0.25, 0.3) is 0 Å². The molecule has 0 aliphatic rings. The van der Waals surface area contributed by atoms with Crippen LogP contribution in [0.4, 0.5) is 0 Å². The van der Waals surface area contributed by atoms with Crippen molar-refractivity contribution in [3.63, 3.8) is 0 Å². The highest BCUT2D eigenvalue weighted by atomic mass is 16.5. The molecule has 6 nitrogen and oxygen atoms in total. The number of rotatable bonds is 6.